The van der Waals surface area contributed by atoms with Gasteiger partial charge in [-0.25, -0.2) is 0 Å². The Morgan fingerprint density at radius 1 is 1.46 bits per heavy atom. The number of alkyl halides is 3. The molecule has 0 aliphatic rings. The average Bonchev–Trinajstić information content (AvgIpc) is 1.97. The van der Waals surface area contributed by atoms with Crippen LogP contribution in [0.2, 0.25) is 0 Å². The molecular weight excluding hydrogens is 181 g/mol. The highest BCUT2D eigenvalue weighted by atomic mass is 19.4. The molecule has 0 bridgehead atoms. The van der Waals surface area contributed by atoms with Crippen LogP contribution < -0.4 is 5.32 Å². The van der Waals surface area contributed by atoms with Crippen molar-refractivity contribution in [1.29, 1.82) is 0 Å². The monoisotopic (exact) mass is 194 g/mol. The molecule has 0 heterocycles. The van der Waals surface area contributed by atoms with Crippen LogP contribution in [0.1, 0.15) is 0 Å². The summed E-state index contributed by atoms with van der Waals surface area (Å²) in [7, 11) is 1.76. The minimum Gasteiger partial charge on any atom is -0.307 e. The van der Waals surface area contributed by atoms with Gasteiger partial charge in [-0.15, -0.1) is 6.42 Å². The van der Waals surface area contributed by atoms with E-state index in [9.17, 15) is 13.2 Å². The number of nitrogens with one attached hydrogen (secondary N) is 1. The molecule has 0 rings (SSSR count). The third-order valence-electron chi connectivity index (χ3n) is 1.36. The number of hydrogen-bond acceptors (Lipinski definition) is 2. The van der Waals surface area contributed by atoms with Gasteiger partial charge in [0.2, 0.25) is 0 Å². The first-order chi connectivity index (χ1) is 5.95. The van der Waals surface area contributed by atoms with E-state index in [4.69, 9.17) is 6.42 Å². The molecule has 0 unspecified atom stereocenters. The molecule has 13 heavy (non-hydrogen) atoms. The van der Waals surface area contributed by atoms with Gasteiger partial charge < -0.3 is 5.32 Å². The molecule has 0 aromatic rings. The molecular formula is C8H13F3N2. The van der Waals surface area contributed by atoms with Crippen LogP contribution in [0, 0.1) is 12.3 Å². The Hall–Kier alpha value is -0.730. The Kier molecular flexibility index (Phi) is 5.51. The fraction of sp³-hybridized carbons (Fsp3) is 0.750. The molecule has 0 atom stereocenters. The largest absolute Gasteiger partial charge is 0.401 e. The molecule has 0 saturated carbocycles. The van der Waals surface area contributed by atoms with Gasteiger partial charge in [-0.05, 0) is 7.05 Å². The predicted octanol–water partition coefficient (Wildman–Crippen LogP) is 0.703. The molecule has 1 N–H and O–H groups in total. The summed E-state index contributed by atoms with van der Waals surface area (Å²) < 4.78 is 34.9. The molecule has 0 aromatic heterocycles. The van der Waals surface area contributed by atoms with Crippen LogP contribution in [-0.4, -0.2) is 44.3 Å². The second-order valence-electron chi connectivity index (χ2n) is 2.73. The van der Waals surface area contributed by atoms with E-state index >= 15 is 0 Å². The normalized spacial score (nSPS) is 11.7. The van der Waals surface area contributed by atoms with E-state index in [0.717, 1.165) is 0 Å². The first-order valence-corrected chi connectivity index (χ1v) is 3.85. The third kappa shape index (κ3) is 9.18. The zero-order valence-corrected chi connectivity index (χ0v) is 7.49. The number of halogens is 3. The van der Waals surface area contributed by atoms with E-state index in [1.54, 1.807) is 11.9 Å². The van der Waals surface area contributed by atoms with Gasteiger partial charge in [0.05, 0.1) is 13.1 Å². The molecule has 0 fully saturated rings. The van der Waals surface area contributed by atoms with Crippen molar-refractivity contribution in [1.82, 2.24) is 10.2 Å². The fourth-order valence-corrected chi connectivity index (χ4v) is 0.735. The van der Waals surface area contributed by atoms with Crippen LogP contribution in [0.5, 0.6) is 0 Å². The van der Waals surface area contributed by atoms with Gasteiger partial charge >= 0.3 is 6.18 Å². The van der Waals surface area contributed by atoms with Crippen molar-refractivity contribution >= 4 is 0 Å². The molecule has 0 aliphatic heterocycles. The van der Waals surface area contributed by atoms with E-state index in [0.29, 0.717) is 13.1 Å². The van der Waals surface area contributed by atoms with Crippen molar-refractivity contribution in [3.63, 3.8) is 0 Å². The third-order valence-corrected chi connectivity index (χ3v) is 1.36. The van der Waals surface area contributed by atoms with Gasteiger partial charge in [-0.1, -0.05) is 5.92 Å². The average molecular weight is 194 g/mol. The Bertz CT molecular complexity index is 171. The standard InChI is InChI=1S/C8H13F3N2/c1-3-5-13(2)6-4-12-7-8(9,10)11/h1,12H,4-7H2,2H3. The lowest BCUT2D eigenvalue weighted by Crippen LogP contribution is -2.35. The van der Waals surface area contributed by atoms with Crippen molar-refractivity contribution < 1.29 is 13.2 Å². The molecule has 0 aromatic carbocycles. The van der Waals surface area contributed by atoms with Crippen molar-refractivity contribution in [2.24, 2.45) is 0 Å². The summed E-state index contributed by atoms with van der Waals surface area (Å²) in [5.74, 6) is 2.40. The molecule has 0 amide bonds. The number of likely N-dealkylation sites (N-methyl/N-ethyl adjacent to an activating group) is 1. The van der Waals surface area contributed by atoms with Gasteiger partial charge in [0.15, 0.2) is 0 Å². The van der Waals surface area contributed by atoms with Gasteiger partial charge in [0.25, 0.3) is 0 Å². The maximum Gasteiger partial charge on any atom is 0.401 e. The highest BCUT2D eigenvalue weighted by Crippen LogP contribution is 2.11. The zero-order valence-electron chi connectivity index (χ0n) is 7.49. The molecule has 0 saturated heterocycles. The van der Waals surface area contributed by atoms with Crippen LogP contribution >= 0.6 is 0 Å². The molecule has 0 radical (unpaired) electrons. The maximum absolute atomic E-state index is 11.6. The zero-order chi connectivity index (χ0) is 10.3. The Morgan fingerprint density at radius 2 is 2.08 bits per heavy atom. The summed E-state index contributed by atoms with van der Waals surface area (Å²) in [6, 6.07) is 0. The predicted molar refractivity (Wildman–Crippen MR) is 45.3 cm³/mol. The Morgan fingerprint density at radius 3 is 2.54 bits per heavy atom. The second kappa shape index (κ2) is 5.84. The van der Waals surface area contributed by atoms with Crippen LogP contribution in [0.15, 0.2) is 0 Å². The minimum absolute atomic E-state index is 0.289. The Labute approximate surface area is 76.1 Å². The van der Waals surface area contributed by atoms with E-state index < -0.39 is 12.7 Å². The summed E-state index contributed by atoms with van der Waals surface area (Å²) in [4.78, 5) is 1.77. The number of nitrogens with zero attached hydrogens (tertiary/aromatic N) is 1. The van der Waals surface area contributed by atoms with Crippen molar-refractivity contribution in [2.45, 2.75) is 6.18 Å². The van der Waals surface area contributed by atoms with Crippen LogP contribution in [-0.2, 0) is 0 Å². The molecule has 0 aliphatic carbocycles. The highest BCUT2D eigenvalue weighted by Gasteiger charge is 2.25. The first kappa shape index (κ1) is 12.3. The number of terminal acetylenes is 1. The molecule has 0 spiro atoms. The molecule has 76 valence electrons. The fourth-order valence-electron chi connectivity index (χ4n) is 0.735. The molecule has 5 heteroatoms. The summed E-state index contributed by atoms with van der Waals surface area (Å²) in [5.41, 5.74) is 0. The SMILES string of the molecule is C#CCN(C)CCNCC(F)(F)F. The minimum atomic E-state index is -4.13. The lowest BCUT2D eigenvalue weighted by Gasteiger charge is -2.14. The Balaban J connectivity index is 3.32. The number of rotatable bonds is 5. The van der Waals surface area contributed by atoms with E-state index in [1.165, 1.54) is 0 Å². The van der Waals surface area contributed by atoms with Gasteiger partial charge in [0.1, 0.15) is 0 Å². The number of hydrogen-bond donors (Lipinski definition) is 1. The smallest absolute Gasteiger partial charge is 0.307 e. The highest BCUT2D eigenvalue weighted by molar-refractivity contribution is 4.87. The summed E-state index contributed by atoms with van der Waals surface area (Å²) in [6.07, 6.45) is 0.877. The van der Waals surface area contributed by atoms with Crippen molar-refractivity contribution in [3.8, 4) is 12.3 Å². The second-order valence-corrected chi connectivity index (χ2v) is 2.73. The quantitative estimate of drug-likeness (QED) is 0.512. The van der Waals surface area contributed by atoms with Crippen LogP contribution in [0.25, 0.3) is 0 Å². The van der Waals surface area contributed by atoms with E-state index in [-0.39, 0.29) is 6.54 Å². The van der Waals surface area contributed by atoms with Crippen LogP contribution in [0.4, 0.5) is 13.2 Å². The first-order valence-electron chi connectivity index (χ1n) is 3.85. The van der Waals surface area contributed by atoms with Crippen LogP contribution in [0.3, 0.4) is 0 Å². The lowest BCUT2D eigenvalue weighted by molar-refractivity contribution is -0.124. The van der Waals surface area contributed by atoms with Crippen molar-refractivity contribution in [2.75, 3.05) is 33.2 Å². The maximum atomic E-state index is 11.6. The summed E-state index contributed by atoms with van der Waals surface area (Å²) in [5, 5.41) is 2.28. The van der Waals surface area contributed by atoms with E-state index in [1.807, 2.05) is 0 Å². The topological polar surface area (TPSA) is 15.3 Å². The van der Waals surface area contributed by atoms with Gasteiger partial charge in [0, 0.05) is 13.1 Å². The summed E-state index contributed by atoms with van der Waals surface area (Å²) in [6.45, 7) is 0.308. The molecule has 2 nitrogen and oxygen atoms in total. The lowest BCUT2D eigenvalue weighted by atomic mass is 10.5. The van der Waals surface area contributed by atoms with Gasteiger partial charge in [-0.2, -0.15) is 13.2 Å². The summed E-state index contributed by atoms with van der Waals surface area (Å²) >= 11 is 0. The van der Waals surface area contributed by atoms with Gasteiger partial charge in [-0.3, -0.25) is 4.90 Å². The van der Waals surface area contributed by atoms with E-state index in [2.05, 4.69) is 11.2 Å². The van der Waals surface area contributed by atoms with Crippen molar-refractivity contribution in [3.05, 3.63) is 0 Å².